The zero-order chi connectivity index (χ0) is 16.4. The number of hydrogen-bond donors (Lipinski definition) is 1. The number of anilines is 1. The monoisotopic (exact) mass is 329 g/mol. The lowest BCUT2D eigenvalue weighted by molar-refractivity contribution is -0.115. The average Bonchev–Trinajstić information content (AvgIpc) is 2.98. The van der Waals surface area contributed by atoms with E-state index >= 15 is 0 Å². The molecule has 1 aliphatic rings. The van der Waals surface area contributed by atoms with Crippen LogP contribution in [0.5, 0.6) is 5.75 Å². The molecule has 2 aromatic carbocycles. The highest BCUT2D eigenvalue weighted by molar-refractivity contribution is 6.31. The van der Waals surface area contributed by atoms with E-state index in [1.807, 2.05) is 19.1 Å². The molecule has 0 spiro atoms. The number of fused-ring (bicyclic) bond motifs is 1. The van der Waals surface area contributed by atoms with E-state index in [0.717, 1.165) is 24.0 Å². The van der Waals surface area contributed by atoms with Crippen LogP contribution in [0.15, 0.2) is 30.3 Å². The Bertz CT molecular complexity index is 755. The van der Waals surface area contributed by atoms with E-state index < -0.39 is 0 Å². The van der Waals surface area contributed by atoms with Gasteiger partial charge in [0.05, 0.1) is 19.2 Å². The van der Waals surface area contributed by atoms with Gasteiger partial charge in [-0.05, 0) is 54.5 Å². The van der Waals surface area contributed by atoms with Crippen LogP contribution in [0.4, 0.5) is 5.69 Å². The number of aryl methyl sites for hydroxylation is 3. The number of rotatable bonds is 4. The number of nitrogens with one attached hydrogen (secondary N) is 1. The van der Waals surface area contributed by atoms with E-state index in [-0.39, 0.29) is 5.91 Å². The molecular formula is C19H20ClNO2. The Labute approximate surface area is 141 Å². The number of ether oxygens (including phenoxy) is 1. The SMILES string of the molecule is COc1cc(Cl)c(C)cc1NC(=O)Cc1ccc2c(c1)CCC2. The van der Waals surface area contributed by atoms with E-state index in [0.29, 0.717) is 22.9 Å². The van der Waals surface area contributed by atoms with Gasteiger partial charge >= 0.3 is 0 Å². The fourth-order valence-corrected chi connectivity index (χ4v) is 3.20. The first kappa shape index (κ1) is 15.9. The van der Waals surface area contributed by atoms with Gasteiger partial charge in [0.2, 0.25) is 5.91 Å². The van der Waals surface area contributed by atoms with E-state index in [1.165, 1.54) is 17.5 Å². The minimum absolute atomic E-state index is 0.0528. The van der Waals surface area contributed by atoms with Gasteiger partial charge in [0.1, 0.15) is 5.75 Å². The van der Waals surface area contributed by atoms with Crippen LogP contribution in [0.25, 0.3) is 0 Å². The van der Waals surface area contributed by atoms with Crippen LogP contribution in [0, 0.1) is 6.92 Å². The third-order valence-electron chi connectivity index (χ3n) is 4.28. The molecule has 0 bridgehead atoms. The fraction of sp³-hybridized carbons (Fsp3) is 0.316. The Morgan fingerprint density at radius 2 is 2.00 bits per heavy atom. The predicted molar refractivity (Wildman–Crippen MR) is 93.5 cm³/mol. The second-order valence-corrected chi connectivity index (χ2v) is 6.39. The van der Waals surface area contributed by atoms with Crippen molar-refractivity contribution in [2.75, 3.05) is 12.4 Å². The van der Waals surface area contributed by atoms with Gasteiger partial charge in [0.25, 0.3) is 0 Å². The summed E-state index contributed by atoms with van der Waals surface area (Å²) in [6, 6.07) is 9.92. The van der Waals surface area contributed by atoms with Crippen LogP contribution in [0.1, 0.15) is 28.7 Å². The Kier molecular flexibility index (Phi) is 4.58. The molecule has 120 valence electrons. The van der Waals surface area contributed by atoms with Crippen molar-refractivity contribution in [3.63, 3.8) is 0 Å². The number of hydrogen-bond acceptors (Lipinski definition) is 2. The topological polar surface area (TPSA) is 38.3 Å². The van der Waals surface area contributed by atoms with Crippen LogP contribution in [-0.4, -0.2) is 13.0 Å². The highest BCUT2D eigenvalue weighted by Gasteiger charge is 2.14. The van der Waals surface area contributed by atoms with Gasteiger partial charge in [0.15, 0.2) is 0 Å². The van der Waals surface area contributed by atoms with Crippen LogP contribution in [0.2, 0.25) is 5.02 Å². The maximum absolute atomic E-state index is 12.3. The zero-order valence-electron chi connectivity index (χ0n) is 13.4. The molecule has 3 nitrogen and oxygen atoms in total. The lowest BCUT2D eigenvalue weighted by Gasteiger charge is -2.12. The number of carbonyl (C=O) groups is 1. The molecular weight excluding hydrogens is 310 g/mol. The van der Waals surface area contributed by atoms with Crippen molar-refractivity contribution in [1.82, 2.24) is 0 Å². The highest BCUT2D eigenvalue weighted by Crippen LogP contribution is 2.31. The third-order valence-corrected chi connectivity index (χ3v) is 4.69. The summed E-state index contributed by atoms with van der Waals surface area (Å²) in [5, 5.41) is 3.55. The minimum atomic E-state index is -0.0528. The second-order valence-electron chi connectivity index (χ2n) is 5.98. The molecule has 0 fully saturated rings. The van der Waals surface area contributed by atoms with E-state index in [9.17, 15) is 4.79 Å². The highest BCUT2D eigenvalue weighted by atomic mass is 35.5. The Morgan fingerprint density at radius 1 is 1.22 bits per heavy atom. The summed E-state index contributed by atoms with van der Waals surface area (Å²) in [6.45, 7) is 1.90. The average molecular weight is 330 g/mol. The Hall–Kier alpha value is -2.00. The molecule has 0 saturated carbocycles. The summed E-state index contributed by atoms with van der Waals surface area (Å²) < 4.78 is 5.29. The lowest BCUT2D eigenvalue weighted by Crippen LogP contribution is -2.15. The van der Waals surface area contributed by atoms with Crippen LogP contribution in [0.3, 0.4) is 0 Å². The predicted octanol–water partition coefficient (Wildman–Crippen LogP) is 4.33. The van der Waals surface area contributed by atoms with Gasteiger partial charge in [-0.25, -0.2) is 0 Å². The summed E-state index contributed by atoms with van der Waals surface area (Å²) in [7, 11) is 1.57. The zero-order valence-corrected chi connectivity index (χ0v) is 14.2. The first-order valence-corrected chi connectivity index (χ1v) is 8.19. The van der Waals surface area contributed by atoms with E-state index in [4.69, 9.17) is 16.3 Å². The molecule has 1 amide bonds. The summed E-state index contributed by atoms with van der Waals surface area (Å²) in [5.74, 6) is 0.519. The van der Waals surface area contributed by atoms with Crippen LogP contribution < -0.4 is 10.1 Å². The molecule has 4 heteroatoms. The van der Waals surface area contributed by atoms with Gasteiger partial charge in [-0.2, -0.15) is 0 Å². The smallest absolute Gasteiger partial charge is 0.228 e. The summed E-state index contributed by atoms with van der Waals surface area (Å²) in [4.78, 5) is 12.3. The summed E-state index contributed by atoms with van der Waals surface area (Å²) >= 11 is 6.09. The molecule has 1 aliphatic carbocycles. The fourth-order valence-electron chi connectivity index (χ4n) is 3.04. The molecule has 0 aromatic heterocycles. The van der Waals surface area contributed by atoms with Crippen LogP contribution in [-0.2, 0) is 24.1 Å². The second kappa shape index (κ2) is 6.63. The molecule has 3 rings (SSSR count). The molecule has 0 unspecified atom stereocenters. The number of carbonyl (C=O) groups excluding carboxylic acids is 1. The summed E-state index contributed by atoms with van der Waals surface area (Å²) in [6.07, 6.45) is 3.85. The standard InChI is InChI=1S/C19H20ClNO2/c1-12-8-17(18(23-2)11-16(12)20)21-19(22)10-13-6-7-14-4-3-5-15(14)9-13/h6-9,11H,3-5,10H2,1-2H3,(H,21,22). The first-order valence-electron chi connectivity index (χ1n) is 7.81. The van der Waals surface area contributed by atoms with Crippen molar-refractivity contribution in [3.8, 4) is 5.75 Å². The molecule has 0 saturated heterocycles. The number of halogens is 1. The van der Waals surface area contributed by atoms with Gasteiger partial charge < -0.3 is 10.1 Å². The van der Waals surface area contributed by atoms with Crippen molar-refractivity contribution >= 4 is 23.2 Å². The molecule has 23 heavy (non-hydrogen) atoms. The van der Waals surface area contributed by atoms with Gasteiger partial charge in [-0.3, -0.25) is 4.79 Å². The van der Waals surface area contributed by atoms with Gasteiger partial charge in [-0.15, -0.1) is 0 Å². The van der Waals surface area contributed by atoms with Gasteiger partial charge in [0, 0.05) is 11.1 Å². The Balaban J connectivity index is 1.73. The van der Waals surface area contributed by atoms with E-state index in [1.54, 1.807) is 13.2 Å². The maximum Gasteiger partial charge on any atom is 0.228 e. The van der Waals surface area contributed by atoms with Crippen molar-refractivity contribution in [2.45, 2.75) is 32.6 Å². The quantitative estimate of drug-likeness (QED) is 0.906. The van der Waals surface area contributed by atoms with Crippen molar-refractivity contribution in [1.29, 1.82) is 0 Å². The first-order chi connectivity index (χ1) is 11.1. The lowest BCUT2D eigenvalue weighted by atomic mass is 10.0. The van der Waals surface area contributed by atoms with Crippen molar-refractivity contribution in [3.05, 3.63) is 57.6 Å². The summed E-state index contributed by atoms with van der Waals surface area (Å²) in [5.41, 5.74) is 5.41. The molecule has 1 N–H and O–H groups in total. The van der Waals surface area contributed by atoms with Crippen molar-refractivity contribution < 1.29 is 9.53 Å². The number of benzene rings is 2. The van der Waals surface area contributed by atoms with Gasteiger partial charge in [-0.1, -0.05) is 29.8 Å². The van der Waals surface area contributed by atoms with Crippen LogP contribution >= 0.6 is 11.6 Å². The number of amides is 1. The molecule has 0 heterocycles. The Morgan fingerprint density at radius 3 is 2.78 bits per heavy atom. The normalized spacial score (nSPS) is 12.8. The number of methoxy groups -OCH3 is 1. The minimum Gasteiger partial charge on any atom is -0.495 e. The molecule has 2 aromatic rings. The maximum atomic E-state index is 12.3. The van der Waals surface area contributed by atoms with E-state index in [2.05, 4.69) is 17.4 Å². The largest absolute Gasteiger partial charge is 0.495 e. The molecule has 0 radical (unpaired) electrons. The molecule has 0 aliphatic heterocycles. The molecule has 0 atom stereocenters. The third kappa shape index (κ3) is 3.50. The van der Waals surface area contributed by atoms with Crippen molar-refractivity contribution in [2.24, 2.45) is 0 Å².